The van der Waals surface area contributed by atoms with Crippen LogP contribution >= 0.6 is 22.6 Å². The molecule has 1 fully saturated rings. The van der Waals surface area contributed by atoms with E-state index in [0.717, 1.165) is 20.3 Å². The summed E-state index contributed by atoms with van der Waals surface area (Å²) in [5.74, 6) is -0.518. The van der Waals surface area contributed by atoms with Crippen molar-refractivity contribution in [2.45, 2.75) is 31.9 Å². The van der Waals surface area contributed by atoms with Crippen LogP contribution < -0.4 is 5.73 Å². The minimum absolute atomic E-state index is 0.163. The fraction of sp³-hybridized carbons (Fsp3) is 0.300. The lowest BCUT2D eigenvalue weighted by Gasteiger charge is -2.36. The molecule has 0 bridgehead atoms. The van der Waals surface area contributed by atoms with Crippen LogP contribution in [0.1, 0.15) is 29.5 Å². The number of nitrogens with two attached hydrogens (primary N) is 1. The lowest BCUT2D eigenvalue weighted by Crippen LogP contribution is -2.54. The van der Waals surface area contributed by atoms with Gasteiger partial charge in [0.05, 0.1) is 0 Å². The normalized spacial score (nSPS) is 19.4. The number of rotatable bonds is 4. The average molecular weight is 464 g/mol. The highest BCUT2D eigenvalue weighted by molar-refractivity contribution is 14.1. The number of amides is 2. The van der Waals surface area contributed by atoms with E-state index in [2.05, 4.69) is 22.6 Å². The minimum atomic E-state index is -1.15. The largest absolute Gasteiger partial charge is 0.445 e. The maximum Gasteiger partial charge on any atom is 0.411 e. The van der Waals surface area contributed by atoms with Crippen molar-refractivity contribution in [1.29, 1.82) is 0 Å². The van der Waals surface area contributed by atoms with Crippen molar-refractivity contribution in [2.24, 2.45) is 5.73 Å². The van der Waals surface area contributed by atoms with E-state index in [1.54, 1.807) is 0 Å². The van der Waals surface area contributed by atoms with E-state index in [1.165, 1.54) is 4.90 Å². The molecule has 3 rings (SSSR count). The van der Waals surface area contributed by atoms with Crippen molar-refractivity contribution < 1.29 is 14.3 Å². The van der Waals surface area contributed by atoms with Crippen molar-refractivity contribution in [2.75, 3.05) is 6.54 Å². The molecule has 1 heterocycles. The molecule has 1 saturated heterocycles. The Morgan fingerprint density at radius 2 is 1.96 bits per heavy atom. The number of carbonyl (C=O) groups is 2. The Kier molecular flexibility index (Phi) is 5.50. The number of benzene rings is 2. The summed E-state index contributed by atoms with van der Waals surface area (Å²) in [6.45, 7) is 2.55. The van der Waals surface area contributed by atoms with Gasteiger partial charge in [0.2, 0.25) is 5.91 Å². The summed E-state index contributed by atoms with van der Waals surface area (Å²) in [6, 6.07) is 15.3. The van der Waals surface area contributed by atoms with E-state index >= 15 is 0 Å². The molecule has 26 heavy (non-hydrogen) atoms. The van der Waals surface area contributed by atoms with Crippen LogP contribution in [0.5, 0.6) is 0 Å². The zero-order valence-electron chi connectivity index (χ0n) is 14.6. The van der Waals surface area contributed by atoms with E-state index in [0.29, 0.717) is 19.4 Å². The van der Waals surface area contributed by atoms with Crippen LogP contribution in [0.15, 0.2) is 48.5 Å². The smallest absolute Gasteiger partial charge is 0.411 e. The quantitative estimate of drug-likeness (QED) is 0.702. The second-order valence-electron chi connectivity index (χ2n) is 6.48. The number of hydrogen-bond acceptors (Lipinski definition) is 3. The molecular weight excluding hydrogens is 443 g/mol. The minimum Gasteiger partial charge on any atom is -0.445 e. The van der Waals surface area contributed by atoms with Gasteiger partial charge >= 0.3 is 6.09 Å². The van der Waals surface area contributed by atoms with Crippen LogP contribution in [-0.2, 0) is 21.7 Å². The lowest BCUT2D eigenvalue weighted by molar-refractivity contribution is -0.128. The zero-order valence-corrected chi connectivity index (χ0v) is 16.7. The van der Waals surface area contributed by atoms with Gasteiger partial charge in [-0.1, -0.05) is 36.4 Å². The third-order valence-electron chi connectivity index (χ3n) is 4.85. The summed E-state index contributed by atoms with van der Waals surface area (Å²) in [7, 11) is 0. The number of nitrogens with zero attached hydrogens (tertiary/aromatic N) is 1. The first kappa shape index (κ1) is 18.7. The van der Waals surface area contributed by atoms with Gasteiger partial charge < -0.3 is 10.5 Å². The van der Waals surface area contributed by atoms with E-state index in [1.807, 2.05) is 55.5 Å². The number of ether oxygens (including phenoxy) is 1. The number of halogens is 1. The fourth-order valence-corrected chi connectivity index (χ4v) is 4.27. The Balaban J connectivity index is 1.89. The molecule has 2 aromatic carbocycles. The Hall–Kier alpha value is -2.09. The van der Waals surface area contributed by atoms with Gasteiger partial charge in [-0.15, -0.1) is 0 Å². The molecular formula is C20H21IN2O3. The first-order chi connectivity index (χ1) is 12.4. The predicted octanol–water partition coefficient (Wildman–Crippen LogP) is 3.71. The summed E-state index contributed by atoms with van der Waals surface area (Å²) >= 11 is 2.22. The molecule has 136 valence electrons. The van der Waals surface area contributed by atoms with Crippen molar-refractivity contribution in [3.05, 3.63) is 68.8 Å². The summed E-state index contributed by atoms with van der Waals surface area (Å²) in [6.07, 6.45) is 0.696. The van der Waals surface area contributed by atoms with Crippen LogP contribution in [-0.4, -0.2) is 23.4 Å². The molecule has 2 N–H and O–H groups in total. The van der Waals surface area contributed by atoms with Crippen molar-refractivity contribution in [1.82, 2.24) is 4.90 Å². The first-order valence-electron chi connectivity index (χ1n) is 8.50. The highest BCUT2D eigenvalue weighted by Gasteiger charge is 2.51. The molecule has 0 aliphatic carbocycles. The number of carbonyl (C=O) groups excluding carboxylic acids is 2. The van der Waals surface area contributed by atoms with Gasteiger partial charge in [-0.25, -0.2) is 4.79 Å². The van der Waals surface area contributed by atoms with Crippen LogP contribution in [0.25, 0.3) is 0 Å². The molecule has 5 nitrogen and oxygen atoms in total. The topological polar surface area (TPSA) is 72.6 Å². The van der Waals surface area contributed by atoms with Crippen LogP contribution in [0, 0.1) is 10.5 Å². The van der Waals surface area contributed by atoms with Gasteiger partial charge in [0.1, 0.15) is 12.1 Å². The molecule has 1 aliphatic rings. The van der Waals surface area contributed by atoms with Crippen molar-refractivity contribution in [3.8, 4) is 0 Å². The third kappa shape index (κ3) is 3.42. The average Bonchev–Trinajstić information content (AvgIpc) is 3.06. The highest BCUT2D eigenvalue weighted by Crippen LogP contribution is 2.41. The second kappa shape index (κ2) is 7.65. The molecule has 0 spiro atoms. The number of aryl methyl sites for hydroxylation is 1. The number of hydrogen-bond donors (Lipinski definition) is 1. The standard InChI is InChI=1S/C20H21IN2O3/c1-14-12-16(21)8-9-17(14)20(18(22)24)10-5-11-23(20)19(25)26-13-15-6-3-2-4-7-15/h2-4,6-9,12H,5,10-11,13H2,1H3,(H2,22,24). The fourth-order valence-electron chi connectivity index (χ4n) is 3.62. The van der Waals surface area contributed by atoms with Gasteiger partial charge in [-0.2, -0.15) is 0 Å². The number of primary amides is 1. The van der Waals surface area contributed by atoms with E-state index in [9.17, 15) is 9.59 Å². The van der Waals surface area contributed by atoms with Gasteiger partial charge in [0, 0.05) is 10.1 Å². The van der Waals surface area contributed by atoms with Gasteiger partial charge in [0.15, 0.2) is 0 Å². The summed E-state index contributed by atoms with van der Waals surface area (Å²) < 4.78 is 6.55. The van der Waals surface area contributed by atoms with Gasteiger partial charge in [0.25, 0.3) is 0 Å². The summed E-state index contributed by atoms with van der Waals surface area (Å²) in [4.78, 5) is 26.8. The van der Waals surface area contributed by atoms with Crippen LogP contribution in [0.2, 0.25) is 0 Å². The molecule has 2 aromatic rings. The molecule has 1 unspecified atom stereocenters. The second-order valence-corrected chi connectivity index (χ2v) is 7.72. The Morgan fingerprint density at radius 3 is 2.62 bits per heavy atom. The van der Waals surface area contributed by atoms with Crippen LogP contribution in [0.3, 0.4) is 0 Å². The van der Waals surface area contributed by atoms with Crippen molar-refractivity contribution >= 4 is 34.6 Å². The Morgan fingerprint density at radius 1 is 1.23 bits per heavy atom. The maximum atomic E-state index is 12.8. The molecule has 6 heteroatoms. The van der Waals surface area contributed by atoms with Gasteiger partial charge in [-0.05, 0) is 71.2 Å². The SMILES string of the molecule is Cc1cc(I)ccc1C1(C(N)=O)CCCN1C(=O)OCc1ccccc1. The third-order valence-corrected chi connectivity index (χ3v) is 5.52. The lowest BCUT2D eigenvalue weighted by atomic mass is 9.84. The Bertz CT molecular complexity index is 825. The van der Waals surface area contributed by atoms with Crippen molar-refractivity contribution in [3.63, 3.8) is 0 Å². The zero-order chi connectivity index (χ0) is 18.7. The molecule has 2 amide bonds. The summed E-state index contributed by atoms with van der Waals surface area (Å²) in [5, 5.41) is 0. The Labute approximate surface area is 166 Å². The van der Waals surface area contributed by atoms with Gasteiger partial charge in [-0.3, -0.25) is 9.69 Å². The molecule has 0 aromatic heterocycles. The monoisotopic (exact) mass is 464 g/mol. The highest BCUT2D eigenvalue weighted by atomic mass is 127. The van der Waals surface area contributed by atoms with E-state index < -0.39 is 17.5 Å². The van der Waals surface area contributed by atoms with Crippen LogP contribution in [0.4, 0.5) is 4.79 Å². The van der Waals surface area contributed by atoms with E-state index in [-0.39, 0.29) is 6.61 Å². The molecule has 0 saturated carbocycles. The number of likely N-dealkylation sites (tertiary alicyclic amines) is 1. The molecule has 1 atom stereocenters. The summed E-state index contributed by atoms with van der Waals surface area (Å²) in [5.41, 5.74) is 7.29. The maximum absolute atomic E-state index is 12.8. The van der Waals surface area contributed by atoms with E-state index in [4.69, 9.17) is 10.5 Å². The predicted molar refractivity (Wildman–Crippen MR) is 107 cm³/mol. The first-order valence-corrected chi connectivity index (χ1v) is 9.58. The molecule has 1 aliphatic heterocycles. The molecule has 0 radical (unpaired) electrons.